The number of rotatable bonds is 4. The maximum Gasteiger partial charge on any atom is 0.233 e. The van der Waals surface area contributed by atoms with Gasteiger partial charge in [0.1, 0.15) is 5.82 Å². The highest BCUT2D eigenvalue weighted by Gasteiger charge is 2.20. The molecule has 5 heteroatoms. The van der Waals surface area contributed by atoms with Crippen molar-refractivity contribution in [3.05, 3.63) is 18.3 Å². The van der Waals surface area contributed by atoms with E-state index in [1.54, 1.807) is 12.3 Å². The van der Waals surface area contributed by atoms with E-state index in [0.717, 1.165) is 17.7 Å². The molecule has 0 aliphatic heterocycles. The number of aromatic nitrogens is 1. The van der Waals surface area contributed by atoms with Gasteiger partial charge >= 0.3 is 0 Å². The number of carbonyl (C=O) groups is 1. The average molecular weight is 279 g/mol. The van der Waals surface area contributed by atoms with Crippen LogP contribution in [-0.4, -0.2) is 22.2 Å². The van der Waals surface area contributed by atoms with Gasteiger partial charge in [0.25, 0.3) is 0 Å². The van der Waals surface area contributed by atoms with Crippen LogP contribution in [0.15, 0.2) is 23.2 Å². The molecule has 0 bridgehead atoms. The molecular weight excluding hydrogens is 258 g/mol. The van der Waals surface area contributed by atoms with Crippen molar-refractivity contribution in [2.24, 2.45) is 0 Å². The summed E-state index contributed by atoms with van der Waals surface area (Å²) in [7, 11) is 0. The second kappa shape index (κ2) is 6.80. The first-order chi connectivity index (χ1) is 9.15. The van der Waals surface area contributed by atoms with E-state index in [-0.39, 0.29) is 11.2 Å². The van der Waals surface area contributed by atoms with Crippen LogP contribution in [0.3, 0.4) is 0 Å². The normalized spacial score (nSPS) is 17.9. The first kappa shape index (κ1) is 14.2. The zero-order valence-corrected chi connectivity index (χ0v) is 12.1. The van der Waals surface area contributed by atoms with Crippen molar-refractivity contribution < 1.29 is 4.79 Å². The molecule has 1 fully saturated rings. The molecule has 1 unspecified atom stereocenters. The molecule has 0 aromatic carbocycles. The predicted molar refractivity (Wildman–Crippen MR) is 79.0 cm³/mol. The standard InChI is InChI=1S/C14H21N3OS/c1-10(19-12-7-8-13(15)16-9-12)14(18)17-11-5-3-2-4-6-11/h7-11H,2-6H2,1H3,(H2,15,16)(H,17,18). The summed E-state index contributed by atoms with van der Waals surface area (Å²) >= 11 is 1.52. The molecule has 2 rings (SSSR count). The molecule has 1 aromatic heterocycles. The molecule has 1 aliphatic carbocycles. The zero-order valence-electron chi connectivity index (χ0n) is 11.3. The first-order valence-electron chi connectivity index (χ1n) is 6.83. The molecule has 1 aromatic rings. The number of amides is 1. The molecule has 1 saturated carbocycles. The monoisotopic (exact) mass is 279 g/mol. The van der Waals surface area contributed by atoms with Crippen LogP contribution >= 0.6 is 11.8 Å². The van der Waals surface area contributed by atoms with Crippen molar-refractivity contribution in [2.75, 3.05) is 5.73 Å². The van der Waals surface area contributed by atoms with Gasteiger partial charge in [0.05, 0.1) is 5.25 Å². The molecular formula is C14H21N3OS. The van der Waals surface area contributed by atoms with E-state index in [2.05, 4.69) is 10.3 Å². The second-order valence-corrected chi connectivity index (χ2v) is 6.44. The van der Waals surface area contributed by atoms with E-state index >= 15 is 0 Å². The van der Waals surface area contributed by atoms with E-state index in [0.29, 0.717) is 11.9 Å². The lowest BCUT2D eigenvalue weighted by Gasteiger charge is -2.24. The summed E-state index contributed by atoms with van der Waals surface area (Å²) in [6.07, 6.45) is 7.71. The van der Waals surface area contributed by atoms with Gasteiger partial charge in [-0.3, -0.25) is 4.79 Å². The van der Waals surface area contributed by atoms with Gasteiger partial charge in [-0.1, -0.05) is 19.3 Å². The van der Waals surface area contributed by atoms with Crippen LogP contribution in [0.5, 0.6) is 0 Å². The third-order valence-corrected chi connectivity index (χ3v) is 4.47. The fourth-order valence-electron chi connectivity index (χ4n) is 2.28. The summed E-state index contributed by atoms with van der Waals surface area (Å²) in [5.41, 5.74) is 5.54. The van der Waals surface area contributed by atoms with Gasteiger partial charge in [0, 0.05) is 17.1 Å². The molecule has 0 radical (unpaired) electrons. The number of nitrogens with two attached hydrogens (primary N) is 1. The van der Waals surface area contributed by atoms with Gasteiger partial charge in [0.2, 0.25) is 5.91 Å². The Morgan fingerprint density at radius 2 is 2.16 bits per heavy atom. The zero-order chi connectivity index (χ0) is 13.7. The highest BCUT2D eigenvalue weighted by atomic mass is 32.2. The van der Waals surface area contributed by atoms with Crippen LogP contribution in [0.4, 0.5) is 5.82 Å². The Bertz CT molecular complexity index is 415. The molecule has 4 nitrogen and oxygen atoms in total. The lowest BCUT2D eigenvalue weighted by molar-refractivity contribution is -0.121. The Hall–Kier alpha value is -1.23. The summed E-state index contributed by atoms with van der Waals surface area (Å²) in [5, 5.41) is 3.04. The van der Waals surface area contributed by atoms with Gasteiger partial charge in [-0.2, -0.15) is 0 Å². The highest BCUT2D eigenvalue weighted by Crippen LogP contribution is 2.24. The van der Waals surface area contributed by atoms with Gasteiger partial charge < -0.3 is 11.1 Å². The molecule has 1 amide bonds. The lowest BCUT2D eigenvalue weighted by Crippen LogP contribution is -2.40. The topological polar surface area (TPSA) is 68.0 Å². The molecule has 1 atom stereocenters. The lowest BCUT2D eigenvalue weighted by atomic mass is 9.95. The van der Waals surface area contributed by atoms with Gasteiger partial charge in [0.15, 0.2) is 0 Å². The quantitative estimate of drug-likeness (QED) is 0.831. The van der Waals surface area contributed by atoms with Crippen molar-refractivity contribution >= 4 is 23.5 Å². The number of nitrogens with one attached hydrogen (secondary N) is 1. The van der Waals surface area contributed by atoms with Crippen molar-refractivity contribution in [1.82, 2.24) is 10.3 Å². The number of nitrogen functional groups attached to an aromatic ring is 1. The molecule has 104 valence electrons. The van der Waals surface area contributed by atoms with E-state index in [1.807, 2.05) is 13.0 Å². The molecule has 19 heavy (non-hydrogen) atoms. The van der Waals surface area contributed by atoms with E-state index < -0.39 is 0 Å². The minimum Gasteiger partial charge on any atom is -0.384 e. The third-order valence-electron chi connectivity index (χ3n) is 3.39. The second-order valence-electron chi connectivity index (χ2n) is 5.02. The third kappa shape index (κ3) is 4.42. The SMILES string of the molecule is CC(Sc1ccc(N)nc1)C(=O)NC1CCCCC1. The molecule has 0 saturated heterocycles. The van der Waals surface area contributed by atoms with Crippen LogP contribution in [0.25, 0.3) is 0 Å². The number of hydrogen-bond donors (Lipinski definition) is 2. The minimum atomic E-state index is -0.104. The van der Waals surface area contributed by atoms with Crippen LogP contribution < -0.4 is 11.1 Å². The van der Waals surface area contributed by atoms with E-state index in [1.165, 1.54) is 31.0 Å². The van der Waals surface area contributed by atoms with Crippen LogP contribution in [0, 0.1) is 0 Å². The number of anilines is 1. The number of nitrogens with zero attached hydrogens (tertiary/aromatic N) is 1. The number of pyridine rings is 1. The largest absolute Gasteiger partial charge is 0.384 e. The van der Waals surface area contributed by atoms with Gasteiger partial charge in [-0.15, -0.1) is 11.8 Å². The summed E-state index contributed by atoms with van der Waals surface area (Å²) < 4.78 is 0. The maximum atomic E-state index is 12.1. The minimum absolute atomic E-state index is 0.104. The Morgan fingerprint density at radius 3 is 2.79 bits per heavy atom. The molecule has 1 heterocycles. The fourth-order valence-corrected chi connectivity index (χ4v) is 3.13. The number of thioether (sulfide) groups is 1. The first-order valence-corrected chi connectivity index (χ1v) is 7.71. The van der Waals surface area contributed by atoms with Crippen LogP contribution in [-0.2, 0) is 4.79 Å². The van der Waals surface area contributed by atoms with Crippen molar-refractivity contribution in [2.45, 2.75) is 55.2 Å². The highest BCUT2D eigenvalue weighted by molar-refractivity contribution is 8.00. The van der Waals surface area contributed by atoms with Gasteiger partial charge in [-0.05, 0) is 31.9 Å². The average Bonchev–Trinajstić information content (AvgIpc) is 2.42. The molecule has 1 aliphatic rings. The number of carbonyl (C=O) groups excluding carboxylic acids is 1. The Morgan fingerprint density at radius 1 is 1.42 bits per heavy atom. The van der Waals surface area contributed by atoms with Gasteiger partial charge in [-0.25, -0.2) is 4.98 Å². The summed E-state index contributed by atoms with van der Waals surface area (Å²) in [5.74, 6) is 0.623. The predicted octanol–water partition coefficient (Wildman–Crippen LogP) is 2.59. The number of hydrogen-bond acceptors (Lipinski definition) is 4. The summed E-state index contributed by atoms with van der Waals surface area (Å²) in [4.78, 5) is 17.1. The van der Waals surface area contributed by atoms with Crippen LogP contribution in [0.1, 0.15) is 39.0 Å². The van der Waals surface area contributed by atoms with Crippen molar-refractivity contribution in [1.29, 1.82) is 0 Å². The molecule has 0 spiro atoms. The van der Waals surface area contributed by atoms with E-state index in [9.17, 15) is 4.79 Å². The molecule has 3 N–H and O–H groups in total. The smallest absolute Gasteiger partial charge is 0.233 e. The summed E-state index contributed by atoms with van der Waals surface area (Å²) in [6.45, 7) is 1.93. The Kier molecular flexibility index (Phi) is 5.07. The summed E-state index contributed by atoms with van der Waals surface area (Å²) in [6, 6.07) is 4.03. The Labute approximate surface area is 118 Å². The maximum absolute atomic E-state index is 12.1. The fraction of sp³-hybridized carbons (Fsp3) is 0.571. The van der Waals surface area contributed by atoms with Crippen molar-refractivity contribution in [3.8, 4) is 0 Å². The van der Waals surface area contributed by atoms with Crippen LogP contribution in [0.2, 0.25) is 0 Å². The van der Waals surface area contributed by atoms with Crippen molar-refractivity contribution in [3.63, 3.8) is 0 Å². The Balaban J connectivity index is 1.83. The van der Waals surface area contributed by atoms with E-state index in [4.69, 9.17) is 5.73 Å².